The number of rotatable bonds is 2. The third-order valence-corrected chi connectivity index (χ3v) is 4.75. The zero-order valence-electron chi connectivity index (χ0n) is 15.7. The first-order valence-electron chi connectivity index (χ1n) is 9.38. The Balaban J connectivity index is 1.74. The zero-order chi connectivity index (χ0) is 19.3. The predicted molar refractivity (Wildman–Crippen MR) is 110 cm³/mol. The van der Waals surface area contributed by atoms with Gasteiger partial charge in [-0.15, -0.1) is 0 Å². The number of nitrogens with zero attached hydrogens (tertiary/aromatic N) is 4. The maximum absolute atomic E-state index is 13.2. The van der Waals surface area contributed by atoms with Crippen molar-refractivity contribution in [3.63, 3.8) is 0 Å². The van der Waals surface area contributed by atoms with Crippen LogP contribution in [-0.4, -0.2) is 33.6 Å². The summed E-state index contributed by atoms with van der Waals surface area (Å²) in [5, 5.41) is 6.34. The first kappa shape index (κ1) is 17.9. The Morgan fingerprint density at radius 2 is 1.96 bits per heavy atom. The summed E-state index contributed by atoms with van der Waals surface area (Å²) < 4.78 is 0. The summed E-state index contributed by atoms with van der Waals surface area (Å²) in [5.74, 6) is 0.620. The molecule has 3 aromatic heterocycles. The highest BCUT2D eigenvalue weighted by Gasteiger charge is 2.27. The number of pyridine rings is 3. The van der Waals surface area contributed by atoms with Crippen LogP contribution in [0.1, 0.15) is 19.8 Å². The minimum atomic E-state index is -0.221. The fourth-order valence-electron chi connectivity index (χ4n) is 3.32. The number of carbonyl (C=O) groups is 1. The Morgan fingerprint density at radius 3 is 2.71 bits per heavy atom. The number of urea groups is 1. The molecule has 0 radical (unpaired) electrons. The Hall–Kier alpha value is -3.48. The Bertz CT molecular complexity index is 948. The topological polar surface area (TPSA) is 83.0 Å². The van der Waals surface area contributed by atoms with Gasteiger partial charge in [0.05, 0.1) is 23.3 Å². The second-order valence-corrected chi connectivity index (χ2v) is 6.77. The van der Waals surface area contributed by atoms with Crippen molar-refractivity contribution in [2.75, 3.05) is 22.1 Å². The van der Waals surface area contributed by atoms with Gasteiger partial charge in [0.2, 0.25) is 0 Å². The van der Waals surface area contributed by atoms with Crippen LogP contribution in [0.3, 0.4) is 0 Å². The molecule has 4 heterocycles. The predicted octanol–water partition coefficient (Wildman–Crippen LogP) is 4.17. The van der Waals surface area contributed by atoms with E-state index in [-0.39, 0.29) is 12.1 Å². The lowest BCUT2D eigenvalue weighted by Crippen LogP contribution is -2.43. The molecule has 2 amide bonds. The lowest BCUT2D eigenvalue weighted by molar-refractivity contribution is 0.254. The smallest absolute Gasteiger partial charge is 0.327 e. The van der Waals surface area contributed by atoms with Crippen LogP contribution in [-0.2, 0) is 0 Å². The van der Waals surface area contributed by atoms with Crippen molar-refractivity contribution in [2.45, 2.75) is 25.8 Å². The van der Waals surface area contributed by atoms with Crippen molar-refractivity contribution >= 4 is 23.2 Å². The Labute approximate surface area is 163 Å². The van der Waals surface area contributed by atoms with E-state index in [0.29, 0.717) is 11.5 Å². The number of carbonyl (C=O) groups excluding carboxylic acids is 1. The van der Waals surface area contributed by atoms with Crippen molar-refractivity contribution in [3.05, 3.63) is 61.2 Å². The maximum Gasteiger partial charge on any atom is 0.327 e. The van der Waals surface area contributed by atoms with Crippen LogP contribution in [0.5, 0.6) is 0 Å². The highest BCUT2D eigenvalue weighted by molar-refractivity contribution is 6.03. The fraction of sp³-hybridized carbons (Fsp3) is 0.238. The molecule has 28 heavy (non-hydrogen) atoms. The van der Waals surface area contributed by atoms with E-state index in [0.717, 1.165) is 36.3 Å². The summed E-state index contributed by atoms with van der Waals surface area (Å²) in [6.45, 7) is 2.90. The zero-order valence-corrected chi connectivity index (χ0v) is 15.7. The molecule has 0 spiro atoms. The molecule has 0 aliphatic carbocycles. The maximum atomic E-state index is 13.2. The van der Waals surface area contributed by atoms with Crippen LogP contribution in [0.25, 0.3) is 11.3 Å². The van der Waals surface area contributed by atoms with Crippen molar-refractivity contribution in [3.8, 4) is 11.3 Å². The van der Waals surface area contributed by atoms with Crippen LogP contribution in [0, 0.1) is 0 Å². The molecule has 0 aromatic carbocycles. The summed E-state index contributed by atoms with van der Waals surface area (Å²) in [5.41, 5.74) is 3.19. The van der Waals surface area contributed by atoms with E-state index in [1.165, 1.54) is 0 Å². The molecule has 0 unspecified atom stereocenters. The first-order valence-corrected chi connectivity index (χ1v) is 9.38. The van der Waals surface area contributed by atoms with Gasteiger partial charge in [0.1, 0.15) is 0 Å². The van der Waals surface area contributed by atoms with E-state index in [9.17, 15) is 4.79 Å². The summed E-state index contributed by atoms with van der Waals surface area (Å²) >= 11 is 0. The summed E-state index contributed by atoms with van der Waals surface area (Å²) in [7, 11) is 0. The fourth-order valence-corrected chi connectivity index (χ4v) is 3.32. The van der Waals surface area contributed by atoms with Gasteiger partial charge in [-0.2, -0.15) is 0 Å². The third kappa shape index (κ3) is 3.78. The summed E-state index contributed by atoms with van der Waals surface area (Å²) in [6, 6.07) is 11.2. The molecule has 2 N–H and O–H groups in total. The molecule has 0 saturated carbocycles. The molecule has 4 rings (SSSR count). The van der Waals surface area contributed by atoms with Crippen molar-refractivity contribution in [2.24, 2.45) is 0 Å². The Morgan fingerprint density at radius 1 is 1.14 bits per heavy atom. The second-order valence-electron chi connectivity index (χ2n) is 6.77. The van der Waals surface area contributed by atoms with Gasteiger partial charge in [-0.05, 0) is 56.2 Å². The van der Waals surface area contributed by atoms with Crippen LogP contribution < -0.4 is 15.5 Å². The van der Waals surface area contributed by atoms with Gasteiger partial charge in [-0.1, -0.05) is 0 Å². The van der Waals surface area contributed by atoms with Crippen molar-refractivity contribution in [1.29, 1.82) is 0 Å². The molecule has 1 aliphatic rings. The third-order valence-electron chi connectivity index (χ3n) is 4.75. The number of fused-ring (bicyclic) bond motifs is 1. The van der Waals surface area contributed by atoms with Crippen LogP contribution in [0.15, 0.2) is 61.2 Å². The Kier molecular flexibility index (Phi) is 5.14. The van der Waals surface area contributed by atoms with Crippen LogP contribution >= 0.6 is 0 Å². The van der Waals surface area contributed by atoms with E-state index in [4.69, 9.17) is 4.98 Å². The average Bonchev–Trinajstić information content (AvgIpc) is 2.72. The SMILES string of the molecule is C[C@@H]1CCCNc2ccc(-c3cccnc3)nc2N1C(=O)Nc1cccnc1. The molecular formula is C21H22N6O. The first-order chi connectivity index (χ1) is 13.7. The lowest BCUT2D eigenvalue weighted by Gasteiger charge is -2.32. The molecule has 1 atom stereocenters. The van der Waals surface area contributed by atoms with E-state index in [2.05, 4.69) is 27.5 Å². The standard InChI is InChI=1S/C21H22N6O/c1-15-5-2-12-24-19-9-8-18(16-6-3-10-22-13-16)26-20(19)27(15)21(28)25-17-7-4-11-23-14-17/h3-4,6-11,13-15,24H,2,5,12H2,1H3,(H,25,28)/t15-/m1/s1. The largest absolute Gasteiger partial charge is 0.382 e. The van der Waals surface area contributed by atoms with Crippen LogP contribution in [0.4, 0.5) is 22.0 Å². The highest BCUT2D eigenvalue weighted by Crippen LogP contribution is 2.32. The minimum Gasteiger partial charge on any atom is -0.382 e. The molecule has 7 heteroatoms. The summed E-state index contributed by atoms with van der Waals surface area (Å²) in [6.07, 6.45) is 8.66. The van der Waals surface area contributed by atoms with E-state index < -0.39 is 0 Å². The van der Waals surface area contributed by atoms with Gasteiger partial charge in [-0.25, -0.2) is 9.78 Å². The molecular weight excluding hydrogens is 352 g/mol. The number of hydrogen-bond acceptors (Lipinski definition) is 5. The van der Waals surface area contributed by atoms with Gasteiger partial charge in [0.15, 0.2) is 5.82 Å². The van der Waals surface area contributed by atoms with E-state index in [1.807, 2.05) is 30.3 Å². The van der Waals surface area contributed by atoms with Gasteiger partial charge in [-0.3, -0.25) is 14.9 Å². The second kappa shape index (κ2) is 8.04. The van der Waals surface area contributed by atoms with Crippen molar-refractivity contribution in [1.82, 2.24) is 15.0 Å². The lowest BCUT2D eigenvalue weighted by atomic mass is 10.1. The normalized spacial score (nSPS) is 16.3. The highest BCUT2D eigenvalue weighted by atomic mass is 16.2. The average molecular weight is 374 g/mol. The molecule has 7 nitrogen and oxygen atoms in total. The van der Waals surface area contributed by atoms with Crippen LogP contribution in [0.2, 0.25) is 0 Å². The quantitative estimate of drug-likeness (QED) is 0.703. The van der Waals surface area contributed by atoms with Gasteiger partial charge in [0, 0.05) is 36.7 Å². The number of hydrogen-bond donors (Lipinski definition) is 2. The monoisotopic (exact) mass is 374 g/mol. The molecule has 3 aromatic rings. The summed E-state index contributed by atoms with van der Waals surface area (Å²) in [4.78, 5) is 28.0. The minimum absolute atomic E-state index is 0.00849. The van der Waals surface area contributed by atoms with E-state index >= 15 is 0 Å². The number of aromatic nitrogens is 3. The van der Waals surface area contributed by atoms with Gasteiger partial charge in [0.25, 0.3) is 0 Å². The number of nitrogens with one attached hydrogen (secondary N) is 2. The van der Waals surface area contributed by atoms with Gasteiger partial charge >= 0.3 is 6.03 Å². The molecule has 142 valence electrons. The molecule has 1 aliphatic heterocycles. The number of amides is 2. The van der Waals surface area contributed by atoms with Gasteiger partial charge < -0.3 is 10.6 Å². The molecule has 0 bridgehead atoms. The number of anilines is 3. The van der Waals surface area contributed by atoms with E-state index in [1.54, 1.807) is 35.8 Å². The van der Waals surface area contributed by atoms with Crippen molar-refractivity contribution < 1.29 is 4.79 Å². The molecule has 0 fully saturated rings. The molecule has 0 saturated heterocycles.